The van der Waals surface area contributed by atoms with Gasteiger partial charge < -0.3 is 5.32 Å². The number of para-hydroxylation sites is 1. The van der Waals surface area contributed by atoms with E-state index in [2.05, 4.69) is 21.2 Å². The van der Waals surface area contributed by atoms with Crippen molar-refractivity contribution in [2.75, 3.05) is 15.9 Å². The SMILES string of the molecule is Cc1ccc(C)c(N([C@H](C)C(=O)Nc2ccccc2Br)S(C)(=O)=O)c1. The molecule has 2 aromatic rings. The minimum absolute atomic E-state index is 0.404. The van der Waals surface area contributed by atoms with Crippen LogP contribution in [0.2, 0.25) is 0 Å². The van der Waals surface area contributed by atoms with Gasteiger partial charge in [-0.25, -0.2) is 8.42 Å². The lowest BCUT2D eigenvalue weighted by Gasteiger charge is -2.29. The molecule has 0 aromatic heterocycles. The van der Waals surface area contributed by atoms with Crippen molar-refractivity contribution in [3.05, 3.63) is 58.1 Å². The number of halogens is 1. The van der Waals surface area contributed by atoms with Gasteiger partial charge in [0.15, 0.2) is 0 Å². The van der Waals surface area contributed by atoms with Crippen LogP contribution in [0.1, 0.15) is 18.1 Å². The van der Waals surface area contributed by atoms with Gasteiger partial charge in [-0.15, -0.1) is 0 Å². The van der Waals surface area contributed by atoms with Gasteiger partial charge in [0.1, 0.15) is 6.04 Å². The van der Waals surface area contributed by atoms with Crippen molar-refractivity contribution in [2.45, 2.75) is 26.8 Å². The predicted molar refractivity (Wildman–Crippen MR) is 105 cm³/mol. The first-order chi connectivity index (χ1) is 11.6. The van der Waals surface area contributed by atoms with Crippen molar-refractivity contribution in [1.29, 1.82) is 0 Å². The number of hydrogen-bond donors (Lipinski definition) is 1. The minimum Gasteiger partial charge on any atom is -0.323 e. The average Bonchev–Trinajstić information content (AvgIpc) is 2.51. The second-order valence-corrected chi connectivity index (χ2v) is 8.71. The molecule has 0 radical (unpaired) electrons. The summed E-state index contributed by atoms with van der Waals surface area (Å²) in [4.78, 5) is 12.7. The number of benzene rings is 2. The largest absolute Gasteiger partial charge is 0.323 e. The van der Waals surface area contributed by atoms with Gasteiger partial charge in [-0.3, -0.25) is 9.10 Å². The molecule has 2 aromatic carbocycles. The van der Waals surface area contributed by atoms with Gasteiger partial charge in [0.2, 0.25) is 15.9 Å². The van der Waals surface area contributed by atoms with E-state index in [4.69, 9.17) is 0 Å². The monoisotopic (exact) mass is 424 g/mol. The number of carbonyl (C=O) groups is 1. The lowest BCUT2D eigenvalue weighted by atomic mass is 10.1. The highest BCUT2D eigenvalue weighted by Gasteiger charge is 2.30. The molecular weight excluding hydrogens is 404 g/mol. The van der Waals surface area contributed by atoms with Crippen molar-refractivity contribution in [1.82, 2.24) is 0 Å². The summed E-state index contributed by atoms with van der Waals surface area (Å²) in [6.45, 7) is 5.29. The van der Waals surface area contributed by atoms with Gasteiger partial charge in [0, 0.05) is 4.47 Å². The molecule has 0 aliphatic carbocycles. The summed E-state index contributed by atoms with van der Waals surface area (Å²) in [6, 6.07) is 11.8. The van der Waals surface area contributed by atoms with E-state index < -0.39 is 22.0 Å². The Kier molecular flexibility index (Phi) is 5.90. The summed E-state index contributed by atoms with van der Waals surface area (Å²) >= 11 is 3.37. The molecular formula is C18H21BrN2O3S. The summed E-state index contributed by atoms with van der Waals surface area (Å²) in [6.07, 6.45) is 1.11. The number of anilines is 2. The van der Waals surface area contributed by atoms with Crippen LogP contribution >= 0.6 is 15.9 Å². The fraction of sp³-hybridized carbons (Fsp3) is 0.278. The number of hydrogen-bond acceptors (Lipinski definition) is 3. The molecule has 0 heterocycles. The highest BCUT2D eigenvalue weighted by Crippen LogP contribution is 2.27. The number of nitrogens with one attached hydrogen (secondary N) is 1. The molecule has 1 N–H and O–H groups in total. The Morgan fingerprint density at radius 2 is 1.80 bits per heavy atom. The van der Waals surface area contributed by atoms with Gasteiger partial charge in [-0.05, 0) is 66.0 Å². The zero-order chi connectivity index (χ0) is 18.8. The van der Waals surface area contributed by atoms with Gasteiger partial charge in [0.05, 0.1) is 17.6 Å². The highest BCUT2D eigenvalue weighted by atomic mass is 79.9. The van der Waals surface area contributed by atoms with E-state index in [0.717, 1.165) is 21.9 Å². The second-order valence-electron chi connectivity index (χ2n) is 5.99. The molecule has 0 aliphatic heterocycles. The van der Waals surface area contributed by atoms with E-state index in [1.165, 1.54) is 4.31 Å². The molecule has 0 aliphatic rings. The first-order valence-electron chi connectivity index (χ1n) is 7.73. The van der Waals surface area contributed by atoms with Crippen LogP contribution in [0.3, 0.4) is 0 Å². The van der Waals surface area contributed by atoms with Gasteiger partial charge >= 0.3 is 0 Å². The molecule has 134 valence electrons. The Balaban J connectivity index is 2.40. The van der Waals surface area contributed by atoms with Crippen LogP contribution in [0.4, 0.5) is 11.4 Å². The summed E-state index contributed by atoms with van der Waals surface area (Å²) in [5.41, 5.74) is 2.82. The van der Waals surface area contributed by atoms with E-state index >= 15 is 0 Å². The van der Waals surface area contributed by atoms with Crippen molar-refractivity contribution >= 4 is 43.2 Å². The van der Waals surface area contributed by atoms with Gasteiger partial charge in [-0.1, -0.05) is 24.3 Å². The maximum atomic E-state index is 12.7. The highest BCUT2D eigenvalue weighted by molar-refractivity contribution is 9.10. The summed E-state index contributed by atoms with van der Waals surface area (Å²) in [7, 11) is -3.64. The van der Waals surface area contributed by atoms with Crippen LogP contribution in [0.25, 0.3) is 0 Å². The number of sulfonamides is 1. The molecule has 25 heavy (non-hydrogen) atoms. The maximum absolute atomic E-state index is 12.7. The van der Waals surface area contributed by atoms with Crippen LogP contribution in [0, 0.1) is 13.8 Å². The quantitative estimate of drug-likeness (QED) is 0.791. The summed E-state index contributed by atoms with van der Waals surface area (Å²) in [5.74, 6) is -0.404. The fourth-order valence-corrected chi connectivity index (χ4v) is 4.15. The normalized spacial score (nSPS) is 12.5. The van der Waals surface area contributed by atoms with Crippen molar-refractivity contribution in [2.24, 2.45) is 0 Å². The average molecular weight is 425 g/mol. The Morgan fingerprint density at radius 1 is 1.16 bits per heavy atom. The van der Waals surface area contributed by atoms with Crippen molar-refractivity contribution in [3.8, 4) is 0 Å². The van der Waals surface area contributed by atoms with Gasteiger partial charge in [0.25, 0.3) is 0 Å². The Labute approximate surface area is 157 Å². The number of rotatable bonds is 5. The maximum Gasteiger partial charge on any atom is 0.248 e. The zero-order valence-corrected chi connectivity index (χ0v) is 17.0. The van der Waals surface area contributed by atoms with Crippen LogP contribution < -0.4 is 9.62 Å². The van der Waals surface area contributed by atoms with E-state index in [9.17, 15) is 13.2 Å². The van der Waals surface area contributed by atoms with E-state index in [0.29, 0.717) is 11.4 Å². The molecule has 1 atom stereocenters. The predicted octanol–water partition coefficient (Wildman–Crippen LogP) is 3.86. The summed E-state index contributed by atoms with van der Waals surface area (Å²) < 4.78 is 26.7. The number of nitrogens with zero attached hydrogens (tertiary/aromatic N) is 1. The van der Waals surface area contributed by atoms with Gasteiger partial charge in [-0.2, -0.15) is 0 Å². The second kappa shape index (κ2) is 7.58. The topological polar surface area (TPSA) is 66.5 Å². The third-order valence-electron chi connectivity index (χ3n) is 3.82. The van der Waals surface area contributed by atoms with E-state index in [1.807, 2.05) is 32.0 Å². The third-order valence-corrected chi connectivity index (χ3v) is 5.74. The lowest BCUT2D eigenvalue weighted by Crippen LogP contribution is -2.45. The first kappa shape index (κ1) is 19.5. The molecule has 7 heteroatoms. The molecule has 0 unspecified atom stereocenters. The zero-order valence-electron chi connectivity index (χ0n) is 14.6. The molecule has 0 saturated heterocycles. The lowest BCUT2D eigenvalue weighted by molar-refractivity contribution is -0.116. The first-order valence-corrected chi connectivity index (χ1v) is 10.4. The molecule has 0 spiro atoms. The molecule has 0 saturated carbocycles. The third kappa shape index (κ3) is 4.61. The molecule has 2 rings (SSSR count). The standard InChI is InChI=1S/C18H21BrN2O3S/c1-12-9-10-13(2)17(11-12)21(25(4,23)24)14(3)18(22)20-16-8-6-5-7-15(16)19/h5-11,14H,1-4H3,(H,20,22)/t14-/m1/s1. The summed E-state index contributed by atoms with van der Waals surface area (Å²) in [5, 5.41) is 2.77. The van der Waals surface area contributed by atoms with E-state index in [-0.39, 0.29) is 0 Å². The fourth-order valence-electron chi connectivity index (χ4n) is 2.54. The molecule has 1 amide bonds. The number of carbonyl (C=O) groups excluding carboxylic acids is 1. The van der Waals surface area contributed by atoms with E-state index in [1.54, 1.807) is 31.2 Å². The van der Waals surface area contributed by atoms with Crippen LogP contribution in [-0.4, -0.2) is 26.6 Å². The Morgan fingerprint density at radius 3 is 2.40 bits per heavy atom. The van der Waals surface area contributed by atoms with Crippen molar-refractivity contribution < 1.29 is 13.2 Å². The smallest absolute Gasteiger partial charge is 0.248 e. The number of aryl methyl sites for hydroxylation is 2. The van der Waals surface area contributed by atoms with Crippen molar-refractivity contribution in [3.63, 3.8) is 0 Å². The molecule has 0 bridgehead atoms. The minimum atomic E-state index is -3.64. The van der Waals surface area contributed by atoms with Crippen LogP contribution in [0.5, 0.6) is 0 Å². The van der Waals surface area contributed by atoms with Crippen LogP contribution in [0.15, 0.2) is 46.9 Å². The number of amides is 1. The molecule has 5 nitrogen and oxygen atoms in total. The molecule has 0 fully saturated rings. The Bertz CT molecular complexity index is 897. The van der Waals surface area contributed by atoms with Crippen LogP contribution in [-0.2, 0) is 14.8 Å². The Hall–Kier alpha value is -1.86.